The molecule has 15 heavy (non-hydrogen) atoms. The molecule has 82 valence electrons. The van der Waals surface area contributed by atoms with Crippen LogP contribution in [-0.2, 0) is 0 Å². The van der Waals surface area contributed by atoms with Gasteiger partial charge >= 0.3 is 0 Å². The third kappa shape index (κ3) is 2.73. The van der Waals surface area contributed by atoms with E-state index < -0.39 is 12.2 Å². The Bertz CT molecular complexity index is 366. The molecule has 5 heteroatoms. The maximum atomic E-state index is 12.3. The number of Topliss-reactive ketones (excluding diaryl/α,β-unsaturated/α-hetero) is 1. The van der Waals surface area contributed by atoms with Crippen LogP contribution in [0, 0.1) is 0 Å². The van der Waals surface area contributed by atoms with E-state index in [1.54, 1.807) is 7.05 Å². The highest BCUT2D eigenvalue weighted by atomic mass is 19.3. The predicted molar refractivity (Wildman–Crippen MR) is 51.3 cm³/mol. The fourth-order valence-corrected chi connectivity index (χ4v) is 1.17. The first-order valence-corrected chi connectivity index (χ1v) is 4.35. The molecular formula is C10H11F2NO2. The van der Waals surface area contributed by atoms with Crippen LogP contribution < -0.4 is 5.32 Å². The fourth-order valence-electron chi connectivity index (χ4n) is 1.17. The lowest BCUT2D eigenvalue weighted by atomic mass is 10.1. The largest absolute Gasteiger partial charge is 0.507 e. The summed E-state index contributed by atoms with van der Waals surface area (Å²) < 4.78 is 24.6. The molecule has 0 saturated carbocycles. The molecule has 3 nitrogen and oxygen atoms in total. The van der Waals surface area contributed by atoms with Crippen LogP contribution in [0.3, 0.4) is 0 Å². The normalized spacial score (nSPS) is 10.7. The van der Waals surface area contributed by atoms with Crippen LogP contribution in [0.4, 0.5) is 8.78 Å². The number of carbonyl (C=O) groups is 1. The molecule has 0 radical (unpaired) electrons. The summed E-state index contributed by atoms with van der Waals surface area (Å²) in [7, 11) is 1.56. The SMILES string of the molecule is CNCC(=O)c1cc(C(F)F)ccc1O. The topological polar surface area (TPSA) is 49.3 Å². The molecule has 0 bridgehead atoms. The lowest BCUT2D eigenvalue weighted by Gasteiger charge is -2.06. The quantitative estimate of drug-likeness (QED) is 0.752. The summed E-state index contributed by atoms with van der Waals surface area (Å²) in [6, 6.07) is 3.21. The summed E-state index contributed by atoms with van der Waals surface area (Å²) in [6.45, 7) is 0.000249. The van der Waals surface area contributed by atoms with Crippen LogP contribution >= 0.6 is 0 Å². The van der Waals surface area contributed by atoms with E-state index >= 15 is 0 Å². The van der Waals surface area contributed by atoms with E-state index in [1.807, 2.05) is 0 Å². The van der Waals surface area contributed by atoms with Crippen molar-refractivity contribution in [3.63, 3.8) is 0 Å². The molecule has 0 fully saturated rings. The van der Waals surface area contributed by atoms with Crippen LogP contribution in [0.5, 0.6) is 5.75 Å². The molecule has 0 unspecified atom stereocenters. The number of carbonyl (C=O) groups excluding carboxylic acids is 1. The summed E-state index contributed by atoms with van der Waals surface area (Å²) in [5, 5.41) is 11.9. The average Bonchev–Trinajstić information content (AvgIpc) is 2.18. The molecule has 0 spiro atoms. The number of halogens is 2. The number of hydrogen-bond donors (Lipinski definition) is 2. The highest BCUT2D eigenvalue weighted by Crippen LogP contribution is 2.25. The number of benzene rings is 1. The predicted octanol–water partition coefficient (Wildman–Crippen LogP) is 1.73. The number of ketones is 1. The number of hydrogen-bond acceptors (Lipinski definition) is 3. The summed E-state index contributed by atoms with van der Waals surface area (Å²) in [4.78, 5) is 11.4. The number of nitrogens with one attached hydrogen (secondary N) is 1. The maximum absolute atomic E-state index is 12.3. The molecule has 0 aliphatic rings. The Balaban J connectivity index is 3.05. The first kappa shape index (κ1) is 11.6. The van der Waals surface area contributed by atoms with Crippen molar-refractivity contribution in [2.75, 3.05) is 13.6 Å². The minimum absolute atomic E-state index is 0.000249. The van der Waals surface area contributed by atoms with Gasteiger partial charge in [0.2, 0.25) is 0 Å². The van der Waals surface area contributed by atoms with Gasteiger partial charge in [0, 0.05) is 5.56 Å². The zero-order valence-corrected chi connectivity index (χ0v) is 8.13. The molecule has 1 aromatic carbocycles. The Morgan fingerprint density at radius 2 is 2.20 bits per heavy atom. The van der Waals surface area contributed by atoms with E-state index in [2.05, 4.69) is 5.32 Å². The van der Waals surface area contributed by atoms with Gasteiger partial charge < -0.3 is 10.4 Å². The third-order valence-electron chi connectivity index (χ3n) is 1.91. The first-order chi connectivity index (χ1) is 7.06. The zero-order valence-electron chi connectivity index (χ0n) is 8.13. The molecule has 0 aromatic heterocycles. The molecule has 1 aromatic rings. The second-order valence-electron chi connectivity index (χ2n) is 3.03. The Hall–Kier alpha value is -1.49. The summed E-state index contributed by atoms with van der Waals surface area (Å²) in [5.41, 5.74) is -0.352. The van der Waals surface area contributed by atoms with E-state index in [0.717, 1.165) is 18.2 Å². The van der Waals surface area contributed by atoms with Crippen molar-refractivity contribution in [3.05, 3.63) is 29.3 Å². The van der Waals surface area contributed by atoms with Crippen molar-refractivity contribution in [1.82, 2.24) is 5.32 Å². The minimum atomic E-state index is -2.65. The van der Waals surface area contributed by atoms with Crippen LogP contribution in [0.25, 0.3) is 0 Å². The molecule has 0 saturated heterocycles. The lowest BCUT2D eigenvalue weighted by Crippen LogP contribution is -2.18. The minimum Gasteiger partial charge on any atom is -0.507 e. The van der Waals surface area contributed by atoms with E-state index in [-0.39, 0.29) is 23.4 Å². The molecule has 0 amide bonds. The summed E-state index contributed by atoms with van der Waals surface area (Å²) in [6.07, 6.45) is -2.65. The molecule has 0 heterocycles. The number of rotatable bonds is 4. The zero-order chi connectivity index (χ0) is 11.4. The van der Waals surface area contributed by atoms with Gasteiger partial charge in [0.15, 0.2) is 5.78 Å². The van der Waals surface area contributed by atoms with Crippen molar-refractivity contribution in [3.8, 4) is 5.75 Å². The van der Waals surface area contributed by atoms with Crippen LogP contribution in [-0.4, -0.2) is 24.5 Å². The molecular weight excluding hydrogens is 204 g/mol. The van der Waals surface area contributed by atoms with Gasteiger partial charge in [0.05, 0.1) is 12.1 Å². The Kier molecular flexibility index (Phi) is 3.74. The van der Waals surface area contributed by atoms with Gasteiger partial charge in [-0.15, -0.1) is 0 Å². The van der Waals surface area contributed by atoms with E-state index in [0.29, 0.717) is 0 Å². The number of phenols is 1. The van der Waals surface area contributed by atoms with Gasteiger partial charge in [-0.05, 0) is 25.2 Å². The van der Waals surface area contributed by atoms with Gasteiger partial charge in [-0.3, -0.25) is 4.79 Å². The summed E-state index contributed by atoms with van der Waals surface area (Å²) >= 11 is 0. The highest BCUT2D eigenvalue weighted by molar-refractivity contribution is 6.00. The Morgan fingerprint density at radius 3 is 2.73 bits per heavy atom. The Morgan fingerprint density at radius 1 is 1.53 bits per heavy atom. The average molecular weight is 215 g/mol. The lowest BCUT2D eigenvalue weighted by molar-refractivity contribution is 0.0990. The van der Waals surface area contributed by atoms with Crippen molar-refractivity contribution in [2.24, 2.45) is 0 Å². The first-order valence-electron chi connectivity index (χ1n) is 4.35. The van der Waals surface area contributed by atoms with Crippen LogP contribution in [0.1, 0.15) is 22.3 Å². The van der Waals surface area contributed by atoms with Crippen LogP contribution in [0.15, 0.2) is 18.2 Å². The highest BCUT2D eigenvalue weighted by Gasteiger charge is 2.14. The van der Waals surface area contributed by atoms with E-state index in [9.17, 15) is 18.7 Å². The fraction of sp³-hybridized carbons (Fsp3) is 0.300. The number of likely N-dealkylation sites (N-methyl/N-ethyl adjacent to an activating group) is 1. The molecule has 0 aliphatic heterocycles. The van der Waals surface area contributed by atoms with Gasteiger partial charge in [-0.1, -0.05) is 0 Å². The van der Waals surface area contributed by atoms with Gasteiger partial charge in [0.1, 0.15) is 5.75 Å². The summed E-state index contributed by atoms with van der Waals surface area (Å²) in [5.74, 6) is -0.697. The van der Waals surface area contributed by atoms with Gasteiger partial charge in [0.25, 0.3) is 6.43 Å². The second kappa shape index (κ2) is 4.84. The smallest absolute Gasteiger partial charge is 0.263 e. The number of alkyl halides is 2. The molecule has 0 aliphatic carbocycles. The van der Waals surface area contributed by atoms with Crippen molar-refractivity contribution >= 4 is 5.78 Å². The van der Waals surface area contributed by atoms with Crippen molar-refractivity contribution in [2.45, 2.75) is 6.43 Å². The van der Waals surface area contributed by atoms with Gasteiger partial charge in [-0.2, -0.15) is 0 Å². The molecule has 1 rings (SSSR count). The monoisotopic (exact) mass is 215 g/mol. The second-order valence-corrected chi connectivity index (χ2v) is 3.03. The van der Waals surface area contributed by atoms with Crippen molar-refractivity contribution < 1.29 is 18.7 Å². The number of aromatic hydroxyl groups is 1. The third-order valence-corrected chi connectivity index (χ3v) is 1.91. The standard InChI is InChI=1S/C10H11F2NO2/c1-13-5-9(15)7-4-6(10(11)12)2-3-8(7)14/h2-4,10,13-14H,5H2,1H3. The molecule has 0 atom stereocenters. The van der Waals surface area contributed by atoms with E-state index in [4.69, 9.17) is 0 Å². The maximum Gasteiger partial charge on any atom is 0.263 e. The van der Waals surface area contributed by atoms with Gasteiger partial charge in [-0.25, -0.2) is 8.78 Å². The van der Waals surface area contributed by atoms with Crippen LogP contribution in [0.2, 0.25) is 0 Å². The van der Waals surface area contributed by atoms with Crippen molar-refractivity contribution in [1.29, 1.82) is 0 Å². The number of phenolic OH excluding ortho intramolecular Hbond substituents is 1. The van der Waals surface area contributed by atoms with E-state index in [1.165, 1.54) is 0 Å². The Labute approximate surface area is 85.7 Å². The molecule has 2 N–H and O–H groups in total.